The first-order valence-electron chi connectivity index (χ1n) is 5.85. The second-order valence-corrected chi connectivity index (χ2v) is 4.38. The van der Waals surface area contributed by atoms with Crippen molar-refractivity contribution in [2.75, 3.05) is 12.1 Å². The van der Waals surface area contributed by atoms with E-state index in [0.29, 0.717) is 0 Å². The van der Waals surface area contributed by atoms with Gasteiger partial charge in [0.15, 0.2) is 17.3 Å². The predicted octanol–water partition coefficient (Wildman–Crippen LogP) is -1.20. The molecule has 1 fully saturated rings. The standard InChI is InChI=1S/C10H12FN5O4/c11-16-9-4-8(13-2-12-4)14-10(15-9)7-6(19)5(18)3(1-17)20-7/h2-3,5-7,17-19H,1H2,(H2,12,13,14,15,16)/t3-,5-,6+,7?/m1/s1. The summed E-state index contributed by atoms with van der Waals surface area (Å²) in [7, 11) is 0. The van der Waals surface area contributed by atoms with Gasteiger partial charge in [-0.3, -0.25) is 0 Å². The number of halogens is 1. The lowest BCUT2D eigenvalue weighted by Gasteiger charge is -2.13. The number of nitrogens with one attached hydrogen (secondary N) is 2. The summed E-state index contributed by atoms with van der Waals surface area (Å²) in [6, 6.07) is 0. The van der Waals surface area contributed by atoms with Crippen molar-refractivity contribution in [3.05, 3.63) is 12.2 Å². The van der Waals surface area contributed by atoms with Crippen LogP contribution in [0.3, 0.4) is 0 Å². The lowest BCUT2D eigenvalue weighted by molar-refractivity contribution is -0.0251. The molecule has 0 radical (unpaired) electrons. The van der Waals surface area contributed by atoms with E-state index in [9.17, 15) is 14.7 Å². The molecule has 3 rings (SSSR count). The van der Waals surface area contributed by atoms with E-state index in [0.717, 1.165) is 0 Å². The molecule has 1 saturated heterocycles. The molecule has 1 aliphatic heterocycles. The highest BCUT2D eigenvalue weighted by atomic mass is 19.2. The Kier molecular flexibility index (Phi) is 3.22. The van der Waals surface area contributed by atoms with Crippen LogP contribution >= 0.6 is 0 Å². The van der Waals surface area contributed by atoms with Crippen molar-refractivity contribution in [3.63, 3.8) is 0 Å². The van der Waals surface area contributed by atoms with Gasteiger partial charge in [-0.2, -0.15) is 0 Å². The molecule has 0 bridgehead atoms. The number of ether oxygens (including phenoxy) is 1. The van der Waals surface area contributed by atoms with Crippen LogP contribution in [0.15, 0.2) is 6.33 Å². The third-order valence-electron chi connectivity index (χ3n) is 3.19. The third kappa shape index (κ3) is 1.89. The highest BCUT2D eigenvalue weighted by Gasteiger charge is 2.44. The topological polar surface area (TPSA) is 136 Å². The molecule has 0 aromatic carbocycles. The van der Waals surface area contributed by atoms with Gasteiger partial charge in [0.25, 0.3) is 0 Å². The number of fused-ring (bicyclic) bond motifs is 1. The van der Waals surface area contributed by atoms with Crippen molar-refractivity contribution in [1.82, 2.24) is 19.9 Å². The molecule has 1 aliphatic rings. The molecule has 20 heavy (non-hydrogen) atoms. The molecular weight excluding hydrogens is 273 g/mol. The Morgan fingerprint density at radius 3 is 2.80 bits per heavy atom. The zero-order valence-electron chi connectivity index (χ0n) is 10.1. The number of nitrogens with zero attached hydrogens (tertiary/aromatic N) is 3. The molecule has 5 N–H and O–H groups in total. The first kappa shape index (κ1) is 13.1. The number of H-pyrrole nitrogens is 1. The van der Waals surface area contributed by atoms with Crippen molar-refractivity contribution in [2.45, 2.75) is 24.4 Å². The van der Waals surface area contributed by atoms with Crippen LogP contribution < -0.4 is 5.54 Å². The van der Waals surface area contributed by atoms with Gasteiger partial charge in [0.2, 0.25) is 0 Å². The average Bonchev–Trinajstić information content (AvgIpc) is 3.04. The number of rotatable bonds is 3. The molecule has 1 unspecified atom stereocenters. The summed E-state index contributed by atoms with van der Waals surface area (Å²) in [5, 5.41) is 28.6. The van der Waals surface area contributed by atoms with Crippen LogP contribution in [0, 0.1) is 0 Å². The van der Waals surface area contributed by atoms with Gasteiger partial charge < -0.3 is 25.0 Å². The van der Waals surface area contributed by atoms with E-state index < -0.39 is 31.0 Å². The van der Waals surface area contributed by atoms with Gasteiger partial charge in [0.1, 0.15) is 29.9 Å². The summed E-state index contributed by atoms with van der Waals surface area (Å²) in [5.41, 5.74) is 1.85. The monoisotopic (exact) mass is 285 g/mol. The molecule has 0 amide bonds. The van der Waals surface area contributed by atoms with Gasteiger partial charge in [-0.1, -0.05) is 0 Å². The van der Waals surface area contributed by atoms with E-state index in [-0.39, 0.29) is 22.8 Å². The Balaban J connectivity index is 2.02. The normalized spacial score (nSPS) is 30.0. The van der Waals surface area contributed by atoms with Gasteiger partial charge in [-0.15, -0.1) is 4.48 Å². The first-order chi connectivity index (χ1) is 9.65. The zero-order chi connectivity index (χ0) is 14.3. The number of aromatic amines is 1. The quantitative estimate of drug-likeness (QED) is 0.444. The fourth-order valence-corrected chi connectivity index (χ4v) is 2.16. The summed E-state index contributed by atoms with van der Waals surface area (Å²) in [4.78, 5) is 14.5. The number of aliphatic hydroxyl groups excluding tert-OH is 3. The molecule has 10 heteroatoms. The van der Waals surface area contributed by atoms with Crippen LogP contribution in [0.5, 0.6) is 0 Å². The van der Waals surface area contributed by atoms with Gasteiger partial charge in [0.05, 0.1) is 12.9 Å². The van der Waals surface area contributed by atoms with Crippen LogP contribution in [0.2, 0.25) is 0 Å². The van der Waals surface area contributed by atoms with Crippen molar-refractivity contribution in [3.8, 4) is 0 Å². The van der Waals surface area contributed by atoms with E-state index in [1.54, 1.807) is 0 Å². The van der Waals surface area contributed by atoms with Gasteiger partial charge in [-0.25, -0.2) is 20.5 Å². The van der Waals surface area contributed by atoms with Crippen molar-refractivity contribution >= 4 is 17.0 Å². The Labute approximate surface area is 111 Å². The van der Waals surface area contributed by atoms with Crippen LogP contribution in [-0.2, 0) is 4.74 Å². The molecule has 108 valence electrons. The lowest BCUT2D eigenvalue weighted by atomic mass is 10.1. The maximum Gasteiger partial charge on any atom is 0.183 e. The second kappa shape index (κ2) is 4.90. The van der Waals surface area contributed by atoms with Crippen molar-refractivity contribution < 1.29 is 24.5 Å². The Morgan fingerprint density at radius 1 is 1.35 bits per heavy atom. The smallest absolute Gasteiger partial charge is 0.183 e. The fraction of sp³-hybridized carbons (Fsp3) is 0.500. The van der Waals surface area contributed by atoms with Crippen LogP contribution in [0.4, 0.5) is 10.3 Å². The minimum atomic E-state index is -1.32. The van der Waals surface area contributed by atoms with E-state index in [4.69, 9.17) is 9.84 Å². The van der Waals surface area contributed by atoms with Crippen LogP contribution in [0.1, 0.15) is 11.9 Å². The number of hydrogen-bond acceptors (Lipinski definition) is 8. The maximum atomic E-state index is 12.7. The summed E-state index contributed by atoms with van der Waals surface area (Å²) in [6.45, 7) is -0.465. The van der Waals surface area contributed by atoms with E-state index in [1.165, 1.54) is 11.9 Å². The molecule has 4 atom stereocenters. The Hall–Kier alpha value is -1.88. The minimum absolute atomic E-state index is 0.0350. The number of hydrogen-bond donors (Lipinski definition) is 5. The molecular formula is C10H12FN5O4. The van der Waals surface area contributed by atoms with Gasteiger partial charge in [-0.05, 0) is 0 Å². The average molecular weight is 285 g/mol. The molecule has 2 aromatic rings. The molecule has 0 spiro atoms. The largest absolute Gasteiger partial charge is 0.394 e. The summed E-state index contributed by atoms with van der Waals surface area (Å²) < 4.78 is 18.0. The van der Waals surface area contributed by atoms with Crippen molar-refractivity contribution in [1.29, 1.82) is 0 Å². The van der Waals surface area contributed by atoms with E-state index >= 15 is 0 Å². The number of aromatic nitrogens is 4. The predicted molar refractivity (Wildman–Crippen MR) is 63.1 cm³/mol. The second-order valence-electron chi connectivity index (χ2n) is 4.38. The number of aliphatic hydroxyl groups is 3. The fourth-order valence-electron chi connectivity index (χ4n) is 2.16. The molecule has 0 saturated carbocycles. The van der Waals surface area contributed by atoms with Gasteiger partial charge in [0, 0.05) is 0 Å². The molecule has 0 aliphatic carbocycles. The van der Waals surface area contributed by atoms with E-state index in [2.05, 4.69) is 19.9 Å². The summed E-state index contributed by atoms with van der Waals surface area (Å²) >= 11 is 0. The van der Waals surface area contributed by atoms with Crippen LogP contribution in [0.25, 0.3) is 11.2 Å². The summed E-state index contributed by atoms with van der Waals surface area (Å²) in [6.07, 6.45) is -3.30. The molecule has 9 nitrogen and oxygen atoms in total. The van der Waals surface area contributed by atoms with Crippen LogP contribution in [-0.4, -0.2) is 60.2 Å². The summed E-state index contributed by atoms with van der Waals surface area (Å²) in [5.74, 6) is -0.188. The minimum Gasteiger partial charge on any atom is -0.394 e. The number of anilines is 1. The maximum absolute atomic E-state index is 12.7. The van der Waals surface area contributed by atoms with Crippen molar-refractivity contribution in [2.24, 2.45) is 0 Å². The third-order valence-corrected chi connectivity index (χ3v) is 3.19. The first-order valence-corrected chi connectivity index (χ1v) is 5.85. The highest BCUT2D eigenvalue weighted by molar-refractivity contribution is 5.81. The Bertz CT molecular complexity index is 623. The number of imidazole rings is 1. The highest BCUT2D eigenvalue weighted by Crippen LogP contribution is 2.33. The lowest BCUT2D eigenvalue weighted by Crippen LogP contribution is -2.32. The van der Waals surface area contributed by atoms with Gasteiger partial charge >= 0.3 is 0 Å². The zero-order valence-corrected chi connectivity index (χ0v) is 10.1. The molecule has 3 heterocycles. The Morgan fingerprint density at radius 2 is 2.15 bits per heavy atom. The SMILES string of the molecule is OC[C@H]1OC(c2nc(NF)c3[nH]cnc3n2)[C@@H](O)[C@@H]1O. The van der Waals surface area contributed by atoms with E-state index in [1.807, 2.05) is 0 Å². The molecule has 2 aromatic heterocycles.